The molecular formula is C15H20F3N3O2. The maximum absolute atomic E-state index is 12.6. The number of amides is 1. The highest BCUT2D eigenvalue weighted by Gasteiger charge is 2.31. The van der Waals surface area contributed by atoms with Crippen LogP contribution in [0.5, 0.6) is 5.88 Å². The summed E-state index contributed by atoms with van der Waals surface area (Å²) < 4.78 is 41.6. The van der Waals surface area contributed by atoms with Crippen LogP contribution in [0.1, 0.15) is 30.1 Å². The van der Waals surface area contributed by atoms with Gasteiger partial charge in [-0.25, -0.2) is 4.98 Å². The summed E-state index contributed by atoms with van der Waals surface area (Å²) in [6.07, 6.45) is -1.44. The first-order valence-electron chi connectivity index (χ1n) is 7.47. The van der Waals surface area contributed by atoms with Gasteiger partial charge in [-0.15, -0.1) is 0 Å². The molecule has 2 rings (SSSR count). The smallest absolute Gasteiger partial charge is 0.422 e. The second-order valence-electron chi connectivity index (χ2n) is 5.77. The summed E-state index contributed by atoms with van der Waals surface area (Å²) >= 11 is 0. The largest absolute Gasteiger partial charge is 0.467 e. The fourth-order valence-corrected chi connectivity index (χ4v) is 2.61. The van der Waals surface area contributed by atoms with Gasteiger partial charge in [0.1, 0.15) is 5.56 Å². The molecule has 1 aromatic heterocycles. The van der Waals surface area contributed by atoms with Crippen LogP contribution in [0.4, 0.5) is 13.2 Å². The molecule has 0 saturated carbocycles. The Morgan fingerprint density at radius 3 is 2.96 bits per heavy atom. The Morgan fingerprint density at radius 2 is 2.30 bits per heavy atom. The first-order chi connectivity index (χ1) is 10.8. The summed E-state index contributed by atoms with van der Waals surface area (Å²) in [5, 5.41) is 0. The van der Waals surface area contributed by atoms with Crippen LogP contribution in [0.2, 0.25) is 0 Å². The number of alkyl halides is 3. The maximum Gasteiger partial charge on any atom is 0.422 e. The van der Waals surface area contributed by atoms with Crippen molar-refractivity contribution in [1.82, 2.24) is 9.88 Å². The molecule has 0 spiro atoms. The summed E-state index contributed by atoms with van der Waals surface area (Å²) in [6, 6.07) is 2.89. The Morgan fingerprint density at radius 1 is 1.57 bits per heavy atom. The molecule has 0 radical (unpaired) electrons. The first-order valence-corrected chi connectivity index (χ1v) is 7.47. The van der Waals surface area contributed by atoms with Gasteiger partial charge in [0.15, 0.2) is 6.61 Å². The molecule has 1 amide bonds. The van der Waals surface area contributed by atoms with E-state index < -0.39 is 12.8 Å². The Hall–Kier alpha value is -1.83. The number of rotatable bonds is 4. The van der Waals surface area contributed by atoms with Gasteiger partial charge >= 0.3 is 6.18 Å². The number of nitrogens with two attached hydrogens (primary N) is 1. The molecule has 1 aliphatic rings. The van der Waals surface area contributed by atoms with Gasteiger partial charge in [0.2, 0.25) is 5.88 Å². The molecule has 8 heteroatoms. The van der Waals surface area contributed by atoms with E-state index >= 15 is 0 Å². The normalized spacial score (nSPS) is 20.2. The number of pyridine rings is 1. The van der Waals surface area contributed by atoms with Gasteiger partial charge in [-0.1, -0.05) is 0 Å². The Balaban J connectivity index is 2.12. The number of halogens is 3. The Labute approximate surface area is 132 Å². The van der Waals surface area contributed by atoms with E-state index in [-0.39, 0.29) is 29.3 Å². The predicted octanol–water partition coefficient (Wildman–Crippen LogP) is 2.22. The number of hydrogen-bond donors (Lipinski definition) is 1. The van der Waals surface area contributed by atoms with Crippen molar-refractivity contribution in [2.24, 2.45) is 11.7 Å². The van der Waals surface area contributed by atoms with E-state index in [1.54, 1.807) is 4.90 Å². The van der Waals surface area contributed by atoms with Crippen LogP contribution in [-0.2, 0) is 0 Å². The average molecular weight is 331 g/mol. The van der Waals surface area contributed by atoms with Crippen molar-refractivity contribution >= 4 is 5.91 Å². The highest BCUT2D eigenvalue weighted by atomic mass is 19.4. The van der Waals surface area contributed by atoms with E-state index in [9.17, 15) is 18.0 Å². The van der Waals surface area contributed by atoms with Gasteiger partial charge in [-0.05, 0) is 37.8 Å². The van der Waals surface area contributed by atoms with Crippen LogP contribution in [0.3, 0.4) is 0 Å². The Bertz CT molecular complexity index is 549. The van der Waals surface area contributed by atoms with Gasteiger partial charge < -0.3 is 15.4 Å². The van der Waals surface area contributed by atoms with Gasteiger partial charge in [-0.2, -0.15) is 13.2 Å². The molecule has 23 heavy (non-hydrogen) atoms. The fraction of sp³-hybridized carbons (Fsp3) is 0.600. The zero-order valence-corrected chi connectivity index (χ0v) is 12.8. The van der Waals surface area contributed by atoms with Crippen molar-refractivity contribution < 1.29 is 22.7 Å². The van der Waals surface area contributed by atoms with Crippen LogP contribution < -0.4 is 10.5 Å². The molecule has 0 bridgehead atoms. The van der Waals surface area contributed by atoms with Crippen molar-refractivity contribution in [3.8, 4) is 5.88 Å². The van der Waals surface area contributed by atoms with E-state index in [1.807, 2.05) is 6.92 Å². The standard InChI is InChI=1S/C15H20F3N3O2/c1-10(19)11-4-3-7-21(8-11)14(22)12-5-2-6-20-13(12)23-9-15(16,17)18/h2,5-6,10-11H,3-4,7-9,19H2,1H3. The summed E-state index contributed by atoms with van der Waals surface area (Å²) in [7, 11) is 0. The van der Waals surface area contributed by atoms with Crippen molar-refractivity contribution in [3.05, 3.63) is 23.9 Å². The Kier molecular flexibility index (Phi) is 5.46. The zero-order valence-electron chi connectivity index (χ0n) is 12.8. The predicted molar refractivity (Wildman–Crippen MR) is 78.1 cm³/mol. The SMILES string of the molecule is CC(N)C1CCCN(C(=O)c2cccnc2OCC(F)(F)F)C1. The van der Waals surface area contributed by atoms with Crippen LogP contribution >= 0.6 is 0 Å². The van der Waals surface area contributed by atoms with Gasteiger partial charge in [0, 0.05) is 25.3 Å². The number of piperidine rings is 1. The van der Waals surface area contributed by atoms with Crippen molar-refractivity contribution in [3.63, 3.8) is 0 Å². The van der Waals surface area contributed by atoms with Crippen molar-refractivity contribution in [2.75, 3.05) is 19.7 Å². The van der Waals surface area contributed by atoms with Crippen LogP contribution in [0.25, 0.3) is 0 Å². The van der Waals surface area contributed by atoms with E-state index in [0.29, 0.717) is 13.1 Å². The zero-order chi connectivity index (χ0) is 17.0. The molecule has 5 nitrogen and oxygen atoms in total. The molecule has 1 aromatic rings. The monoisotopic (exact) mass is 331 g/mol. The first kappa shape index (κ1) is 17.5. The van der Waals surface area contributed by atoms with E-state index in [4.69, 9.17) is 5.73 Å². The molecule has 2 heterocycles. The lowest BCUT2D eigenvalue weighted by atomic mass is 9.92. The minimum Gasteiger partial charge on any atom is -0.467 e. The third kappa shape index (κ3) is 4.82. The third-order valence-electron chi connectivity index (χ3n) is 3.86. The number of nitrogens with zero attached hydrogens (tertiary/aromatic N) is 2. The van der Waals surface area contributed by atoms with Crippen LogP contribution in [-0.4, -0.2) is 47.7 Å². The number of carbonyl (C=O) groups is 1. The lowest BCUT2D eigenvalue weighted by Gasteiger charge is -2.34. The molecule has 2 atom stereocenters. The molecule has 2 N–H and O–H groups in total. The second kappa shape index (κ2) is 7.16. The summed E-state index contributed by atoms with van der Waals surface area (Å²) in [6.45, 7) is 1.45. The van der Waals surface area contributed by atoms with E-state index in [2.05, 4.69) is 9.72 Å². The molecule has 0 aliphatic carbocycles. The number of aromatic nitrogens is 1. The lowest BCUT2D eigenvalue weighted by Crippen LogP contribution is -2.45. The average Bonchev–Trinajstić information content (AvgIpc) is 2.52. The van der Waals surface area contributed by atoms with Gasteiger partial charge in [-0.3, -0.25) is 4.79 Å². The topological polar surface area (TPSA) is 68.5 Å². The van der Waals surface area contributed by atoms with Crippen LogP contribution in [0.15, 0.2) is 18.3 Å². The number of hydrogen-bond acceptors (Lipinski definition) is 4. The van der Waals surface area contributed by atoms with E-state index in [0.717, 1.165) is 12.8 Å². The van der Waals surface area contributed by atoms with Gasteiger partial charge in [0.25, 0.3) is 5.91 Å². The fourth-order valence-electron chi connectivity index (χ4n) is 2.61. The van der Waals surface area contributed by atoms with Crippen molar-refractivity contribution in [1.29, 1.82) is 0 Å². The molecular weight excluding hydrogens is 311 g/mol. The quantitative estimate of drug-likeness (QED) is 0.918. The third-order valence-corrected chi connectivity index (χ3v) is 3.86. The summed E-state index contributed by atoms with van der Waals surface area (Å²) in [4.78, 5) is 18.0. The highest BCUT2D eigenvalue weighted by molar-refractivity contribution is 5.96. The van der Waals surface area contributed by atoms with Crippen molar-refractivity contribution in [2.45, 2.75) is 32.0 Å². The van der Waals surface area contributed by atoms with Crippen LogP contribution in [0, 0.1) is 5.92 Å². The minimum absolute atomic E-state index is 0.0413. The summed E-state index contributed by atoms with van der Waals surface area (Å²) in [5.41, 5.74) is 5.94. The number of carbonyl (C=O) groups excluding carboxylic acids is 1. The molecule has 1 aliphatic heterocycles. The summed E-state index contributed by atoms with van der Waals surface area (Å²) in [5.74, 6) is -0.484. The molecule has 2 unspecified atom stereocenters. The molecule has 128 valence electrons. The molecule has 1 saturated heterocycles. The second-order valence-corrected chi connectivity index (χ2v) is 5.77. The molecule has 0 aromatic carbocycles. The minimum atomic E-state index is -4.48. The maximum atomic E-state index is 12.6. The lowest BCUT2D eigenvalue weighted by molar-refractivity contribution is -0.154. The van der Waals surface area contributed by atoms with E-state index in [1.165, 1.54) is 18.3 Å². The number of likely N-dealkylation sites (tertiary alicyclic amines) is 1. The number of ether oxygens (including phenoxy) is 1. The van der Waals surface area contributed by atoms with Gasteiger partial charge in [0.05, 0.1) is 0 Å². The highest BCUT2D eigenvalue weighted by Crippen LogP contribution is 2.24. The molecule has 1 fully saturated rings.